The van der Waals surface area contributed by atoms with Gasteiger partial charge in [0.15, 0.2) is 15.8 Å². The number of thiocarbonyl (C=S) groups is 1. The van der Waals surface area contributed by atoms with E-state index in [-0.39, 0.29) is 5.91 Å². The van der Waals surface area contributed by atoms with Crippen molar-refractivity contribution in [2.75, 3.05) is 26.2 Å². The summed E-state index contributed by atoms with van der Waals surface area (Å²) in [6.07, 6.45) is 1.72. The predicted octanol–water partition coefficient (Wildman–Crippen LogP) is 5.43. The van der Waals surface area contributed by atoms with E-state index < -0.39 is 0 Å². The lowest BCUT2D eigenvalue weighted by Gasteiger charge is -2.15. The van der Waals surface area contributed by atoms with Gasteiger partial charge in [-0.3, -0.25) is 9.69 Å². The number of carbonyl (C=O) groups excluding carboxylic acids is 1. The number of nitrogens with zero attached hydrogens (tertiary/aromatic N) is 1. The van der Waals surface area contributed by atoms with E-state index in [2.05, 4.69) is 0 Å². The molecule has 1 aliphatic heterocycles. The van der Waals surface area contributed by atoms with Gasteiger partial charge in [-0.15, -0.1) is 0 Å². The molecular weight excluding hydrogens is 441 g/mol. The number of ether oxygens (including phenoxy) is 3. The molecule has 0 spiro atoms. The van der Waals surface area contributed by atoms with E-state index in [0.717, 1.165) is 0 Å². The molecule has 0 atom stereocenters. The van der Waals surface area contributed by atoms with Gasteiger partial charge in [-0.25, -0.2) is 0 Å². The van der Waals surface area contributed by atoms with Crippen LogP contribution in [-0.4, -0.2) is 31.6 Å². The summed E-state index contributed by atoms with van der Waals surface area (Å²) in [5.74, 6) is 1.22. The SMILES string of the molecule is COc1cc(/C=C2/SC(=S)N(c3ccc(Cl)c(Cl)c3)C2=O)cc(OC)c1OC. The van der Waals surface area contributed by atoms with Crippen LogP contribution in [0.15, 0.2) is 35.2 Å². The fraction of sp³-hybridized carbons (Fsp3) is 0.158. The molecule has 2 aromatic carbocycles. The second kappa shape index (κ2) is 8.61. The maximum absolute atomic E-state index is 12.9. The normalized spacial score (nSPS) is 15.3. The Hall–Kier alpha value is -1.93. The number of rotatable bonds is 5. The zero-order valence-corrected chi connectivity index (χ0v) is 18.3. The monoisotopic (exact) mass is 455 g/mol. The van der Waals surface area contributed by atoms with Crippen molar-refractivity contribution in [1.82, 2.24) is 0 Å². The van der Waals surface area contributed by atoms with Crippen LogP contribution in [0.25, 0.3) is 6.08 Å². The van der Waals surface area contributed by atoms with Crippen LogP contribution in [0.2, 0.25) is 10.0 Å². The van der Waals surface area contributed by atoms with E-state index >= 15 is 0 Å². The van der Waals surface area contributed by atoms with Crippen LogP contribution < -0.4 is 19.1 Å². The van der Waals surface area contributed by atoms with Crippen LogP contribution in [0, 0.1) is 0 Å². The number of halogens is 2. The molecule has 9 heteroatoms. The van der Waals surface area contributed by atoms with E-state index in [4.69, 9.17) is 49.6 Å². The lowest BCUT2D eigenvalue weighted by atomic mass is 10.1. The molecule has 0 aromatic heterocycles. The Labute approximate surface area is 182 Å². The number of methoxy groups -OCH3 is 3. The molecule has 0 bridgehead atoms. The topological polar surface area (TPSA) is 48.0 Å². The highest BCUT2D eigenvalue weighted by Crippen LogP contribution is 2.41. The van der Waals surface area contributed by atoms with Crippen molar-refractivity contribution in [2.24, 2.45) is 0 Å². The number of anilines is 1. The van der Waals surface area contributed by atoms with Gasteiger partial charge >= 0.3 is 0 Å². The van der Waals surface area contributed by atoms with Gasteiger partial charge in [0.2, 0.25) is 5.75 Å². The minimum atomic E-state index is -0.248. The molecule has 1 fully saturated rings. The smallest absolute Gasteiger partial charge is 0.270 e. The quantitative estimate of drug-likeness (QED) is 0.442. The van der Waals surface area contributed by atoms with Crippen molar-refractivity contribution < 1.29 is 19.0 Å². The summed E-state index contributed by atoms with van der Waals surface area (Å²) >= 11 is 18.6. The van der Waals surface area contributed by atoms with Crippen molar-refractivity contribution >= 4 is 69.2 Å². The third kappa shape index (κ3) is 3.93. The van der Waals surface area contributed by atoms with Crippen molar-refractivity contribution in [2.45, 2.75) is 0 Å². The number of amides is 1. The highest BCUT2D eigenvalue weighted by Gasteiger charge is 2.33. The van der Waals surface area contributed by atoms with Crippen molar-refractivity contribution in [3.8, 4) is 17.2 Å². The molecule has 1 heterocycles. The average Bonchev–Trinajstić information content (AvgIpc) is 2.96. The molecule has 1 aliphatic rings. The maximum atomic E-state index is 12.9. The van der Waals surface area contributed by atoms with Crippen molar-refractivity contribution in [3.63, 3.8) is 0 Å². The van der Waals surface area contributed by atoms with Gasteiger partial charge in [-0.1, -0.05) is 47.2 Å². The summed E-state index contributed by atoms with van der Waals surface area (Å²) < 4.78 is 16.4. The highest BCUT2D eigenvalue weighted by atomic mass is 35.5. The zero-order valence-electron chi connectivity index (χ0n) is 15.1. The molecule has 0 aliphatic carbocycles. The first-order chi connectivity index (χ1) is 13.4. The fourth-order valence-corrected chi connectivity index (χ4v) is 4.24. The molecule has 1 saturated heterocycles. The van der Waals surface area contributed by atoms with E-state index in [9.17, 15) is 4.79 Å². The second-order valence-corrected chi connectivity index (χ2v) is 8.06. The Kier molecular flexibility index (Phi) is 6.40. The Morgan fingerprint density at radius 2 is 1.64 bits per heavy atom. The number of benzene rings is 2. The van der Waals surface area contributed by atoms with E-state index in [1.807, 2.05) is 0 Å². The summed E-state index contributed by atoms with van der Waals surface area (Å²) in [7, 11) is 4.60. The van der Waals surface area contributed by atoms with Gasteiger partial charge in [0.05, 0.1) is 42.0 Å². The summed E-state index contributed by atoms with van der Waals surface area (Å²) in [5.41, 5.74) is 1.27. The lowest BCUT2D eigenvalue weighted by Crippen LogP contribution is -2.27. The number of hydrogen-bond acceptors (Lipinski definition) is 6. The third-order valence-corrected chi connectivity index (χ3v) is 5.98. The number of thioether (sulfide) groups is 1. The average molecular weight is 456 g/mol. The van der Waals surface area contributed by atoms with Gasteiger partial charge in [0.1, 0.15) is 0 Å². The summed E-state index contributed by atoms with van der Waals surface area (Å²) in [6, 6.07) is 8.44. The highest BCUT2D eigenvalue weighted by molar-refractivity contribution is 8.27. The van der Waals surface area contributed by atoms with Crippen LogP contribution in [0.5, 0.6) is 17.2 Å². The largest absolute Gasteiger partial charge is 0.493 e. The minimum absolute atomic E-state index is 0.248. The van der Waals surface area contributed by atoms with E-state index in [1.165, 1.54) is 38.0 Å². The molecular formula is C19H15Cl2NO4S2. The van der Waals surface area contributed by atoms with Crippen LogP contribution >= 0.6 is 47.2 Å². The predicted molar refractivity (Wildman–Crippen MR) is 118 cm³/mol. The third-order valence-electron chi connectivity index (χ3n) is 3.94. The molecule has 2 aromatic rings. The molecule has 5 nitrogen and oxygen atoms in total. The lowest BCUT2D eigenvalue weighted by molar-refractivity contribution is -0.113. The Morgan fingerprint density at radius 1 is 1.00 bits per heavy atom. The molecule has 0 saturated carbocycles. The van der Waals surface area contributed by atoms with Gasteiger partial charge in [0, 0.05) is 0 Å². The van der Waals surface area contributed by atoms with Gasteiger partial charge < -0.3 is 14.2 Å². The first kappa shape index (κ1) is 20.8. The van der Waals surface area contributed by atoms with Gasteiger partial charge in [-0.05, 0) is 42.0 Å². The van der Waals surface area contributed by atoms with Crippen LogP contribution in [0.3, 0.4) is 0 Å². The molecule has 1 amide bonds. The van der Waals surface area contributed by atoms with Crippen molar-refractivity contribution in [1.29, 1.82) is 0 Å². The molecule has 28 heavy (non-hydrogen) atoms. The Bertz CT molecular complexity index is 969. The Balaban J connectivity index is 1.99. The fourth-order valence-electron chi connectivity index (χ4n) is 2.65. The number of carbonyl (C=O) groups is 1. The minimum Gasteiger partial charge on any atom is -0.493 e. The summed E-state index contributed by atoms with van der Waals surface area (Å²) in [6.45, 7) is 0. The molecule has 146 valence electrons. The molecule has 0 N–H and O–H groups in total. The van der Waals surface area contributed by atoms with E-state index in [1.54, 1.807) is 36.4 Å². The number of hydrogen-bond donors (Lipinski definition) is 0. The standard InChI is InChI=1S/C19H15Cl2NO4S2/c1-24-14-6-10(7-15(25-2)17(14)26-3)8-16-18(23)22(19(27)28-16)11-4-5-12(20)13(21)9-11/h4-9H,1-3H3/b16-8+. The summed E-state index contributed by atoms with van der Waals surface area (Å²) in [4.78, 5) is 14.8. The zero-order chi connectivity index (χ0) is 20.4. The van der Waals surface area contributed by atoms with Gasteiger partial charge in [0.25, 0.3) is 5.91 Å². The molecule has 0 radical (unpaired) electrons. The van der Waals surface area contributed by atoms with Crippen LogP contribution in [0.4, 0.5) is 5.69 Å². The Morgan fingerprint density at radius 3 is 2.18 bits per heavy atom. The molecule has 3 rings (SSSR count). The van der Waals surface area contributed by atoms with Crippen LogP contribution in [0.1, 0.15) is 5.56 Å². The molecule has 0 unspecified atom stereocenters. The van der Waals surface area contributed by atoms with Gasteiger partial charge in [-0.2, -0.15) is 0 Å². The summed E-state index contributed by atoms with van der Waals surface area (Å²) in [5, 5.41) is 0.755. The van der Waals surface area contributed by atoms with Crippen LogP contribution in [-0.2, 0) is 4.79 Å². The maximum Gasteiger partial charge on any atom is 0.270 e. The first-order valence-electron chi connectivity index (χ1n) is 7.92. The van der Waals surface area contributed by atoms with Crippen molar-refractivity contribution in [3.05, 3.63) is 50.8 Å². The van der Waals surface area contributed by atoms with E-state index in [0.29, 0.717) is 47.8 Å². The second-order valence-electron chi connectivity index (χ2n) is 5.57. The first-order valence-corrected chi connectivity index (χ1v) is 9.90.